The second-order valence-electron chi connectivity index (χ2n) is 4.68. The highest BCUT2D eigenvalue weighted by molar-refractivity contribution is 7.10. The first-order chi connectivity index (χ1) is 7.56. The smallest absolute Gasteiger partial charge is 0.0410 e. The Balaban J connectivity index is 2.49. The first kappa shape index (κ1) is 13.7. The van der Waals surface area contributed by atoms with Crippen LogP contribution in [0.5, 0.6) is 0 Å². The molecule has 2 N–H and O–H groups in total. The molecule has 0 spiro atoms. The lowest BCUT2D eigenvalue weighted by atomic mass is 9.99. The van der Waals surface area contributed by atoms with Crippen molar-refractivity contribution in [2.75, 3.05) is 13.6 Å². The van der Waals surface area contributed by atoms with Crippen molar-refractivity contribution >= 4 is 11.3 Å². The molecule has 1 aromatic rings. The summed E-state index contributed by atoms with van der Waals surface area (Å²) < 4.78 is 0. The lowest BCUT2D eigenvalue weighted by molar-refractivity contribution is 0.224. The van der Waals surface area contributed by atoms with Crippen molar-refractivity contribution in [3.8, 4) is 0 Å². The summed E-state index contributed by atoms with van der Waals surface area (Å²) in [5, 5.41) is 2.13. The van der Waals surface area contributed by atoms with Gasteiger partial charge in [-0.25, -0.2) is 0 Å². The molecule has 3 heteroatoms. The summed E-state index contributed by atoms with van der Waals surface area (Å²) in [5.74, 6) is 0.595. The summed E-state index contributed by atoms with van der Waals surface area (Å²) in [6.45, 7) is 7.64. The summed E-state index contributed by atoms with van der Waals surface area (Å²) in [6.07, 6.45) is 1.16. The molecule has 0 fully saturated rings. The van der Waals surface area contributed by atoms with Gasteiger partial charge in [0, 0.05) is 23.5 Å². The van der Waals surface area contributed by atoms with Crippen LogP contribution in [0.2, 0.25) is 0 Å². The molecule has 1 rings (SSSR count). The van der Waals surface area contributed by atoms with Crippen LogP contribution in [-0.2, 0) is 0 Å². The molecule has 0 aromatic carbocycles. The van der Waals surface area contributed by atoms with Gasteiger partial charge >= 0.3 is 0 Å². The number of likely N-dealkylation sites (N-methyl/N-ethyl adjacent to an activating group) is 1. The molecule has 1 heterocycles. The molecule has 3 atom stereocenters. The van der Waals surface area contributed by atoms with Crippen molar-refractivity contribution in [2.45, 2.75) is 39.3 Å². The van der Waals surface area contributed by atoms with Gasteiger partial charge in [0.05, 0.1) is 0 Å². The molecule has 0 bridgehead atoms. The van der Waals surface area contributed by atoms with Gasteiger partial charge < -0.3 is 5.73 Å². The standard InChI is InChI=1S/C13H24N2S/c1-5-10(2)12(14)9-15(4)11(3)13-7-6-8-16-13/h6-8,10-12H,5,9,14H2,1-4H3. The van der Waals surface area contributed by atoms with Crippen molar-refractivity contribution < 1.29 is 0 Å². The van der Waals surface area contributed by atoms with E-state index < -0.39 is 0 Å². The van der Waals surface area contributed by atoms with E-state index in [0.717, 1.165) is 13.0 Å². The quantitative estimate of drug-likeness (QED) is 0.828. The van der Waals surface area contributed by atoms with Gasteiger partial charge in [-0.15, -0.1) is 11.3 Å². The van der Waals surface area contributed by atoms with Gasteiger partial charge in [0.1, 0.15) is 0 Å². The molecular formula is C13H24N2S. The highest BCUT2D eigenvalue weighted by Gasteiger charge is 2.18. The summed E-state index contributed by atoms with van der Waals surface area (Å²) in [4.78, 5) is 3.77. The Bertz CT molecular complexity index is 284. The monoisotopic (exact) mass is 240 g/mol. The third kappa shape index (κ3) is 3.58. The molecule has 0 aliphatic rings. The molecule has 0 saturated heterocycles. The Labute approximate surface area is 103 Å². The van der Waals surface area contributed by atoms with E-state index in [1.165, 1.54) is 4.88 Å². The van der Waals surface area contributed by atoms with E-state index in [1.807, 2.05) is 11.3 Å². The molecule has 0 radical (unpaired) electrons. The van der Waals surface area contributed by atoms with E-state index in [0.29, 0.717) is 12.0 Å². The van der Waals surface area contributed by atoms with Crippen molar-refractivity contribution in [3.63, 3.8) is 0 Å². The molecule has 0 aliphatic carbocycles. The van der Waals surface area contributed by atoms with Gasteiger partial charge in [-0.05, 0) is 31.3 Å². The van der Waals surface area contributed by atoms with Gasteiger partial charge in [0.15, 0.2) is 0 Å². The molecule has 92 valence electrons. The Morgan fingerprint density at radius 2 is 2.12 bits per heavy atom. The normalized spacial score (nSPS) is 17.4. The minimum absolute atomic E-state index is 0.275. The fraction of sp³-hybridized carbons (Fsp3) is 0.692. The maximum absolute atomic E-state index is 6.18. The van der Waals surface area contributed by atoms with Crippen molar-refractivity contribution in [3.05, 3.63) is 22.4 Å². The zero-order valence-corrected chi connectivity index (χ0v) is 11.6. The van der Waals surface area contributed by atoms with Gasteiger partial charge in [-0.2, -0.15) is 0 Å². The average molecular weight is 240 g/mol. The Hall–Kier alpha value is -0.380. The molecule has 3 unspecified atom stereocenters. The first-order valence-electron chi connectivity index (χ1n) is 6.05. The summed E-state index contributed by atoms with van der Waals surface area (Å²) in [7, 11) is 2.16. The Morgan fingerprint density at radius 3 is 2.62 bits per heavy atom. The van der Waals surface area contributed by atoms with Crippen LogP contribution in [0.25, 0.3) is 0 Å². The van der Waals surface area contributed by atoms with Gasteiger partial charge in [-0.3, -0.25) is 4.90 Å². The van der Waals surface area contributed by atoms with E-state index in [2.05, 4.69) is 50.2 Å². The highest BCUT2D eigenvalue weighted by atomic mass is 32.1. The van der Waals surface area contributed by atoms with Crippen LogP contribution in [0, 0.1) is 5.92 Å². The van der Waals surface area contributed by atoms with E-state index >= 15 is 0 Å². The Morgan fingerprint density at radius 1 is 1.44 bits per heavy atom. The molecule has 2 nitrogen and oxygen atoms in total. The average Bonchev–Trinajstić information content (AvgIpc) is 2.79. The third-order valence-corrected chi connectivity index (χ3v) is 4.53. The van der Waals surface area contributed by atoms with Gasteiger partial charge in [-0.1, -0.05) is 26.3 Å². The van der Waals surface area contributed by atoms with Crippen LogP contribution in [0.4, 0.5) is 0 Å². The number of thiophene rings is 1. The Kier molecular flexibility index (Phi) is 5.46. The SMILES string of the molecule is CCC(C)C(N)CN(C)C(C)c1cccs1. The minimum Gasteiger partial charge on any atom is -0.326 e. The van der Waals surface area contributed by atoms with Crippen LogP contribution in [0.1, 0.15) is 38.1 Å². The minimum atomic E-state index is 0.275. The molecular weight excluding hydrogens is 216 g/mol. The van der Waals surface area contributed by atoms with Gasteiger partial charge in [0.25, 0.3) is 0 Å². The summed E-state index contributed by atoms with van der Waals surface area (Å²) in [5.41, 5.74) is 6.18. The van der Waals surface area contributed by atoms with E-state index in [1.54, 1.807) is 0 Å². The molecule has 0 aliphatic heterocycles. The fourth-order valence-electron chi connectivity index (χ4n) is 1.72. The zero-order valence-electron chi connectivity index (χ0n) is 10.8. The maximum Gasteiger partial charge on any atom is 0.0410 e. The second kappa shape index (κ2) is 6.38. The topological polar surface area (TPSA) is 29.3 Å². The zero-order chi connectivity index (χ0) is 12.1. The van der Waals surface area contributed by atoms with Crippen LogP contribution in [0.15, 0.2) is 17.5 Å². The fourth-order valence-corrected chi connectivity index (χ4v) is 2.57. The van der Waals surface area contributed by atoms with Crippen LogP contribution in [0.3, 0.4) is 0 Å². The van der Waals surface area contributed by atoms with Crippen LogP contribution in [-0.4, -0.2) is 24.5 Å². The van der Waals surface area contributed by atoms with Crippen LogP contribution >= 0.6 is 11.3 Å². The van der Waals surface area contributed by atoms with Gasteiger partial charge in [0.2, 0.25) is 0 Å². The number of rotatable bonds is 6. The molecule has 1 aromatic heterocycles. The lowest BCUT2D eigenvalue weighted by Gasteiger charge is -2.29. The van der Waals surface area contributed by atoms with Crippen LogP contribution < -0.4 is 5.73 Å². The van der Waals surface area contributed by atoms with Crippen molar-refractivity contribution in [1.82, 2.24) is 4.90 Å². The maximum atomic E-state index is 6.18. The van der Waals surface area contributed by atoms with E-state index in [9.17, 15) is 0 Å². The number of hydrogen-bond acceptors (Lipinski definition) is 3. The molecule has 16 heavy (non-hydrogen) atoms. The largest absolute Gasteiger partial charge is 0.326 e. The summed E-state index contributed by atoms with van der Waals surface area (Å²) >= 11 is 1.82. The van der Waals surface area contributed by atoms with Crippen molar-refractivity contribution in [1.29, 1.82) is 0 Å². The number of hydrogen-bond donors (Lipinski definition) is 1. The summed E-state index contributed by atoms with van der Waals surface area (Å²) in [6, 6.07) is 5.05. The first-order valence-corrected chi connectivity index (χ1v) is 6.93. The predicted octanol–water partition coefficient (Wildman–Crippen LogP) is 3.11. The van der Waals surface area contributed by atoms with E-state index in [-0.39, 0.29) is 6.04 Å². The third-order valence-electron chi connectivity index (χ3n) is 3.49. The lowest BCUT2D eigenvalue weighted by Crippen LogP contribution is -2.40. The molecule has 0 amide bonds. The van der Waals surface area contributed by atoms with Crippen molar-refractivity contribution in [2.24, 2.45) is 11.7 Å². The highest BCUT2D eigenvalue weighted by Crippen LogP contribution is 2.23. The van der Waals surface area contributed by atoms with E-state index in [4.69, 9.17) is 5.73 Å². The predicted molar refractivity (Wildman–Crippen MR) is 72.8 cm³/mol. The second-order valence-corrected chi connectivity index (χ2v) is 5.66. The number of nitrogens with two attached hydrogens (primary N) is 1. The number of nitrogens with zero attached hydrogens (tertiary/aromatic N) is 1. The molecule has 0 saturated carbocycles.